The van der Waals surface area contributed by atoms with Crippen molar-refractivity contribution in [3.63, 3.8) is 0 Å². The van der Waals surface area contributed by atoms with E-state index in [0.29, 0.717) is 49.4 Å². The van der Waals surface area contributed by atoms with E-state index in [1.165, 1.54) is 35.3 Å². The first-order valence-corrected chi connectivity index (χ1v) is 15.2. The van der Waals surface area contributed by atoms with E-state index in [0.717, 1.165) is 33.7 Å². The molecule has 6 rings (SSSR count). The number of anilines is 1. The number of hydrogen-bond acceptors (Lipinski definition) is 7. The van der Waals surface area contributed by atoms with Gasteiger partial charge in [0.05, 0.1) is 20.8 Å². The number of aromatic nitrogens is 2. The molecule has 3 aromatic heterocycles. The highest BCUT2D eigenvalue weighted by molar-refractivity contribution is 7.22. The quantitative estimate of drug-likeness (QED) is 0.218. The normalized spacial score (nSPS) is 15.2. The highest BCUT2D eigenvalue weighted by atomic mass is 32.1. The van der Waals surface area contributed by atoms with Crippen LogP contribution in [0.15, 0.2) is 54.9 Å². The molecule has 1 aromatic carbocycles. The molecule has 0 spiro atoms. The second kappa shape index (κ2) is 12.4. The van der Waals surface area contributed by atoms with Crippen LogP contribution in [0.1, 0.15) is 38.2 Å². The first kappa shape index (κ1) is 29.3. The second-order valence-electron chi connectivity index (χ2n) is 11.0. The molecule has 1 saturated carbocycles. The zero-order chi connectivity index (χ0) is 30.8. The van der Waals surface area contributed by atoms with E-state index in [2.05, 4.69) is 20.6 Å². The number of likely N-dealkylation sites (tertiary alicyclic amines) is 1. The fourth-order valence-corrected chi connectivity index (χ4v) is 6.25. The van der Waals surface area contributed by atoms with E-state index in [1.54, 1.807) is 29.4 Å². The van der Waals surface area contributed by atoms with Crippen LogP contribution in [0.5, 0.6) is 11.5 Å². The lowest BCUT2D eigenvalue weighted by Gasteiger charge is -2.37. The van der Waals surface area contributed by atoms with Gasteiger partial charge >= 0.3 is 12.1 Å². The van der Waals surface area contributed by atoms with Crippen molar-refractivity contribution in [2.24, 2.45) is 0 Å². The number of amides is 4. The minimum atomic E-state index is -0.933. The van der Waals surface area contributed by atoms with Gasteiger partial charge in [-0.15, -0.1) is 11.3 Å². The molecule has 0 radical (unpaired) electrons. The predicted molar refractivity (Wildman–Crippen MR) is 163 cm³/mol. The molecule has 13 heteroatoms. The van der Waals surface area contributed by atoms with Crippen LogP contribution in [-0.2, 0) is 11.3 Å². The molecule has 4 aromatic rings. The van der Waals surface area contributed by atoms with Crippen molar-refractivity contribution in [2.45, 2.75) is 51.2 Å². The lowest BCUT2D eigenvalue weighted by atomic mass is 10.0. The summed E-state index contributed by atoms with van der Waals surface area (Å²) in [5.41, 5.74) is 2.60. The van der Waals surface area contributed by atoms with Crippen molar-refractivity contribution >= 4 is 45.3 Å². The number of nitrogens with one attached hydrogen (secondary N) is 2. The summed E-state index contributed by atoms with van der Waals surface area (Å²) >= 11 is 1.42. The third kappa shape index (κ3) is 6.72. The van der Waals surface area contributed by atoms with Crippen LogP contribution in [0.3, 0.4) is 0 Å². The van der Waals surface area contributed by atoms with Crippen molar-refractivity contribution in [1.82, 2.24) is 25.1 Å². The van der Waals surface area contributed by atoms with Crippen molar-refractivity contribution in [1.29, 1.82) is 0 Å². The van der Waals surface area contributed by atoms with Crippen LogP contribution >= 0.6 is 11.3 Å². The van der Waals surface area contributed by atoms with Crippen molar-refractivity contribution < 1.29 is 28.6 Å². The van der Waals surface area contributed by atoms with Gasteiger partial charge in [-0.25, -0.2) is 14.0 Å². The fourth-order valence-electron chi connectivity index (χ4n) is 5.21. The molecule has 2 fully saturated rings. The monoisotopic (exact) mass is 618 g/mol. The molecule has 228 valence electrons. The average Bonchev–Trinajstić information content (AvgIpc) is 3.71. The molecule has 1 aliphatic heterocycles. The molecule has 4 amide bonds. The Kier molecular flexibility index (Phi) is 8.29. The van der Waals surface area contributed by atoms with Gasteiger partial charge < -0.3 is 30.3 Å². The van der Waals surface area contributed by atoms with E-state index < -0.39 is 11.9 Å². The number of pyridine rings is 2. The van der Waals surface area contributed by atoms with Crippen molar-refractivity contribution in [2.75, 3.05) is 18.4 Å². The minimum Gasteiger partial charge on any atom is -0.465 e. The Morgan fingerprint density at radius 3 is 2.52 bits per heavy atom. The molecule has 0 atom stereocenters. The number of hydrogen-bond donors (Lipinski definition) is 3. The first-order chi connectivity index (χ1) is 21.2. The molecule has 1 saturated heterocycles. The summed E-state index contributed by atoms with van der Waals surface area (Å²) in [7, 11) is 0. The number of thiophene rings is 1. The number of rotatable bonds is 8. The molecular formula is C31H31FN6O5S. The van der Waals surface area contributed by atoms with Gasteiger partial charge in [-0.05, 0) is 55.5 Å². The van der Waals surface area contributed by atoms with Crippen molar-refractivity contribution in [3.05, 3.63) is 66.2 Å². The Morgan fingerprint density at radius 2 is 1.86 bits per heavy atom. The van der Waals surface area contributed by atoms with Crippen LogP contribution in [0, 0.1) is 5.82 Å². The third-order valence-corrected chi connectivity index (χ3v) is 8.87. The Bertz CT molecular complexity index is 1700. The van der Waals surface area contributed by atoms with Gasteiger partial charge in [0.25, 0.3) is 0 Å². The number of piperidine rings is 1. The van der Waals surface area contributed by atoms with Crippen LogP contribution in [0.2, 0.25) is 0 Å². The van der Waals surface area contributed by atoms with E-state index in [-0.39, 0.29) is 29.8 Å². The number of nitrogens with zero attached hydrogens (tertiary/aromatic N) is 4. The largest absolute Gasteiger partial charge is 0.465 e. The molecule has 0 unspecified atom stereocenters. The maximum Gasteiger partial charge on any atom is 0.407 e. The molecule has 2 aliphatic rings. The number of carbonyl (C=O) groups is 3. The van der Waals surface area contributed by atoms with Crippen LogP contribution in [0.4, 0.5) is 19.7 Å². The summed E-state index contributed by atoms with van der Waals surface area (Å²) in [6.07, 6.45) is 5.51. The van der Waals surface area contributed by atoms with Crippen molar-refractivity contribution in [3.8, 4) is 22.1 Å². The fraction of sp³-hybridized carbons (Fsp3) is 0.323. The zero-order valence-corrected chi connectivity index (χ0v) is 24.8. The number of ether oxygens (including phenoxy) is 1. The molecule has 44 heavy (non-hydrogen) atoms. The number of carboxylic acid groups (broad SMARTS) is 1. The minimum absolute atomic E-state index is 0.0201. The molecule has 4 heterocycles. The molecular weight excluding hydrogens is 587 g/mol. The summed E-state index contributed by atoms with van der Waals surface area (Å²) in [6, 6.07) is 11.5. The Labute approximate surface area is 256 Å². The lowest BCUT2D eigenvalue weighted by Crippen LogP contribution is -2.47. The van der Waals surface area contributed by atoms with Gasteiger partial charge in [0.15, 0.2) is 11.6 Å². The van der Waals surface area contributed by atoms with Gasteiger partial charge in [0, 0.05) is 68.9 Å². The van der Waals surface area contributed by atoms with E-state index >= 15 is 0 Å². The van der Waals surface area contributed by atoms with Gasteiger partial charge in [-0.1, -0.05) is 6.07 Å². The van der Waals surface area contributed by atoms with Crippen LogP contribution in [0.25, 0.3) is 20.8 Å². The standard InChI is InChI=1S/C31H31FN6O5S/c1-18(39)38(22-9-12-37(13-10-22)31(41)42)17-19-2-6-24(34-16-19)28-15-25-29(44-28)27(8-11-33-25)43-26-7-5-21(14-23(26)32)36-30(40)35-20-3-4-20/h2,5-8,11,14-16,20,22H,3-4,9-10,12-13,17H2,1H3,(H,41,42)(H2,35,36,40). The van der Waals surface area contributed by atoms with E-state index in [4.69, 9.17) is 4.74 Å². The lowest BCUT2D eigenvalue weighted by molar-refractivity contribution is -0.132. The summed E-state index contributed by atoms with van der Waals surface area (Å²) in [5, 5.41) is 14.7. The highest BCUT2D eigenvalue weighted by Crippen LogP contribution is 2.39. The molecule has 11 nitrogen and oxygen atoms in total. The number of urea groups is 1. The maximum atomic E-state index is 14.9. The molecule has 0 bridgehead atoms. The maximum absolute atomic E-state index is 14.9. The Morgan fingerprint density at radius 1 is 1.07 bits per heavy atom. The van der Waals surface area contributed by atoms with Gasteiger partial charge in [0.1, 0.15) is 5.75 Å². The van der Waals surface area contributed by atoms with Gasteiger partial charge in [0.2, 0.25) is 5.91 Å². The summed E-state index contributed by atoms with van der Waals surface area (Å²) in [4.78, 5) is 48.8. The SMILES string of the molecule is CC(=O)N(Cc1ccc(-c2cc3nccc(Oc4ccc(NC(=O)NC5CC5)cc4F)c3s2)nc1)C1CCN(C(=O)O)CC1. The van der Waals surface area contributed by atoms with E-state index in [9.17, 15) is 23.9 Å². The molecule has 3 N–H and O–H groups in total. The topological polar surface area (TPSA) is 137 Å². The van der Waals surface area contributed by atoms with Crippen LogP contribution < -0.4 is 15.4 Å². The Balaban J connectivity index is 1.14. The number of fused-ring (bicyclic) bond motifs is 1. The Hall–Kier alpha value is -4.78. The van der Waals surface area contributed by atoms with Crippen LogP contribution in [-0.4, -0.2) is 68.1 Å². The second-order valence-corrected chi connectivity index (χ2v) is 12.0. The average molecular weight is 619 g/mol. The number of benzene rings is 1. The van der Waals surface area contributed by atoms with Gasteiger partial charge in [-0.3, -0.25) is 14.8 Å². The first-order valence-electron chi connectivity index (χ1n) is 14.4. The number of halogens is 1. The van der Waals surface area contributed by atoms with E-state index in [1.807, 2.05) is 18.2 Å². The zero-order valence-electron chi connectivity index (χ0n) is 24.0. The highest BCUT2D eigenvalue weighted by Gasteiger charge is 2.28. The third-order valence-electron chi connectivity index (χ3n) is 7.71. The number of carbonyl (C=O) groups excluding carboxylic acids is 2. The summed E-state index contributed by atoms with van der Waals surface area (Å²) < 4.78 is 21.6. The molecule has 1 aliphatic carbocycles. The predicted octanol–water partition coefficient (Wildman–Crippen LogP) is 6.06. The summed E-state index contributed by atoms with van der Waals surface area (Å²) in [5.74, 6) is -0.209. The van der Waals surface area contributed by atoms with Gasteiger partial charge in [-0.2, -0.15) is 0 Å². The smallest absolute Gasteiger partial charge is 0.407 e. The summed E-state index contributed by atoms with van der Waals surface area (Å²) in [6.45, 7) is 2.72.